The summed E-state index contributed by atoms with van der Waals surface area (Å²) in [5, 5.41) is 3.34. The summed E-state index contributed by atoms with van der Waals surface area (Å²) in [6.07, 6.45) is -2.18. The third-order valence-electron chi connectivity index (χ3n) is 5.26. The second kappa shape index (κ2) is 9.15. The lowest BCUT2D eigenvalue weighted by Crippen LogP contribution is -2.41. The van der Waals surface area contributed by atoms with Gasteiger partial charge in [-0.15, -0.1) is 25.6 Å². The van der Waals surface area contributed by atoms with Crippen molar-refractivity contribution in [3.05, 3.63) is 29.8 Å². The normalized spacial score (nSPS) is 22.9. The maximum Gasteiger partial charge on any atom is 0.573 e. The van der Waals surface area contributed by atoms with Crippen LogP contribution in [0.3, 0.4) is 0 Å². The van der Waals surface area contributed by atoms with E-state index in [1.807, 2.05) is 4.90 Å². The molecule has 1 heterocycles. The predicted molar refractivity (Wildman–Crippen MR) is 99.1 cm³/mol. The molecule has 1 aromatic carbocycles. The molecule has 0 aromatic heterocycles. The fraction of sp³-hybridized carbons (Fsp3) is 0.632. The number of likely N-dealkylation sites (tertiary alicyclic amines) is 1. The molecule has 2 fully saturated rings. The Bertz CT molecular complexity index is 634. The minimum Gasteiger partial charge on any atom is -0.405 e. The van der Waals surface area contributed by atoms with E-state index in [1.54, 1.807) is 12.1 Å². The van der Waals surface area contributed by atoms with Crippen LogP contribution in [0.25, 0.3) is 0 Å². The highest BCUT2D eigenvalue weighted by Gasteiger charge is 2.48. The number of amides is 1. The second-order valence-electron chi connectivity index (χ2n) is 7.11. The molecule has 0 radical (unpaired) electrons. The molecule has 1 aliphatic carbocycles. The maximum atomic E-state index is 12.7. The Morgan fingerprint density at radius 3 is 2.56 bits per heavy atom. The van der Waals surface area contributed by atoms with Crippen molar-refractivity contribution in [1.82, 2.24) is 10.2 Å². The molecule has 0 bridgehead atoms. The molecule has 0 spiro atoms. The predicted octanol–water partition coefficient (Wildman–Crippen LogP) is 3.96. The highest BCUT2D eigenvalue weighted by atomic mass is 35.5. The van der Waals surface area contributed by atoms with E-state index in [1.165, 1.54) is 12.1 Å². The molecule has 1 aromatic rings. The average molecular weight is 407 g/mol. The van der Waals surface area contributed by atoms with Crippen molar-refractivity contribution in [3.63, 3.8) is 0 Å². The topological polar surface area (TPSA) is 41.6 Å². The number of benzene rings is 1. The number of nitrogens with one attached hydrogen (secondary N) is 1. The third kappa shape index (κ3) is 5.75. The number of halogens is 4. The van der Waals surface area contributed by atoms with Crippen LogP contribution in [-0.2, 0) is 4.79 Å². The molecule has 1 N–H and O–H groups in total. The number of hydrogen-bond donors (Lipinski definition) is 1. The second-order valence-corrected chi connectivity index (χ2v) is 7.11. The van der Waals surface area contributed by atoms with Gasteiger partial charge in [-0.05, 0) is 55.8 Å². The Kier molecular flexibility index (Phi) is 7.40. The smallest absolute Gasteiger partial charge is 0.405 e. The van der Waals surface area contributed by atoms with Crippen LogP contribution >= 0.6 is 12.4 Å². The van der Waals surface area contributed by atoms with Gasteiger partial charge < -0.3 is 15.0 Å². The van der Waals surface area contributed by atoms with Gasteiger partial charge in [-0.3, -0.25) is 4.79 Å². The van der Waals surface area contributed by atoms with Crippen LogP contribution in [0.15, 0.2) is 24.3 Å². The van der Waals surface area contributed by atoms with Crippen LogP contribution in [0, 0.1) is 11.8 Å². The standard InChI is InChI=1S/C19H25F3N2O2.ClH/c1-2-23-12-13-7-9-24(10-8-13)18(25)16-11-15(16)14-5-3-4-6-17(14)26-19(20,21)22;/h3-6,13,15-16,23H,2,7-12H2,1H3;1H. The molecule has 4 nitrogen and oxygen atoms in total. The number of piperidine rings is 1. The quantitative estimate of drug-likeness (QED) is 0.777. The third-order valence-corrected chi connectivity index (χ3v) is 5.26. The molecule has 2 unspecified atom stereocenters. The van der Waals surface area contributed by atoms with E-state index < -0.39 is 6.36 Å². The number of para-hydroxylation sites is 1. The Labute approximate surface area is 163 Å². The van der Waals surface area contributed by atoms with Crippen molar-refractivity contribution in [2.24, 2.45) is 11.8 Å². The number of carbonyl (C=O) groups excluding carboxylic acids is 1. The van der Waals surface area contributed by atoms with E-state index in [9.17, 15) is 18.0 Å². The fourth-order valence-corrected chi connectivity index (χ4v) is 3.76. The molecule has 1 amide bonds. The molecule has 3 rings (SSSR count). The Hall–Kier alpha value is -1.47. The molecule has 1 saturated carbocycles. The summed E-state index contributed by atoms with van der Waals surface area (Å²) >= 11 is 0. The zero-order valence-corrected chi connectivity index (χ0v) is 16.1. The highest BCUT2D eigenvalue weighted by molar-refractivity contribution is 5.85. The minimum absolute atomic E-state index is 0. The molecule has 8 heteroatoms. The van der Waals surface area contributed by atoms with E-state index >= 15 is 0 Å². The van der Waals surface area contributed by atoms with Gasteiger partial charge in [0, 0.05) is 19.0 Å². The highest BCUT2D eigenvalue weighted by Crippen LogP contribution is 2.52. The summed E-state index contributed by atoms with van der Waals surface area (Å²) in [7, 11) is 0. The van der Waals surface area contributed by atoms with Gasteiger partial charge in [0.1, 0.15) is 5.75 Å². The lowest BCUT2D eigenvalue weighted by Gasteiger charge is -2.32. The van der Waals surface area contributed by atoms with Gasteiger partial charge in [0.2, 0.25) is 5.91 Å². The van der Waals surface area contributed by atoms with E-state index in [0.29, 0.717) is 17.9 Å². The zero-order chi connectivity index (χ0) is 18.7. The zero-order valence-electron chi connectivity index (χ0n) is 15.3. The lowest BCUT2D eigenvalue weighted by atomic mass is 9.96. The molecule has 27 heavy (non-hydrogen) atoms. The van der Waals surface area contributed by atoms with Crippen molar-refractivity contribution in [3.8, 4) is 5.75 Å². The van der Waals surface area contributed by atoms with E-state index in [2.05, 4.69) is 17.0 Å². The number of hydrogen-bond acceptors (Lipinski definition) is 3. The van der Waals surface area contributed by atoms with Gasteiger partial charge in [0.05, 0.1) is 0 Å². The first-order chi connectivity index (χ1) is 12.4. The molecule has 2 aliphatic rings. The lowest BCUT2D eigenvalue weighted by molar-refractivity contribution is -0.274. The van der Waals surface area contributed by atoms with Crippen LogP contribution in [0.5, 0.6) is 5.75 Å². The van der Waals surface area contributed by atoms with Crippen LogP contribution in [0.1, 0.15) is 37.7 Å². The van der Waals surface area contributed by atoms with E-state index in [0.717, 1.165) is 39.0 Å². The van der Waals surface area contributed by atoms with Gasteiger partial charge in [-0.1, -0.05) is 25.1 Å². The summed E-state index contributed by atoms with van der Waals surface area (Å²) in [4.78, 5) is 14.6. The average Bonchev–Trinajstić information content (AvgIpc) is 3.39. The Morgan fingerprint density at radius 1 is 1.26 bits per heavy atom. The molecule has 2 atom stereocenters. The minimum atomic E-state index is -4.72. The van der Waals surface area contributed by atoms with Gasteiger partial charge in [0.25, 0.3) is 0 Å². The SMILES string of the molecule is CCNCC1CCN(C(=O)C2CC2c2ccccc2OC(F)(F)F)CC1.Cl. The monoisotopic (exact) mass is 406 g/mol. The van der Waals surface area contributed by atoms with Gasteiger partial charge in [-0.2, -0.15) is 0 Å². The molecule has 152 valence electrons. The van der Waals surface area contributed by atoms with Crippen LogP contribution in [0.2, 0.25) is 0 Å². The molecule has 1 saturated heterocycles. The van der Waals surface area contributed by atoms with E-state index in [-0.39, 0.29) is 35.9 Å². The number of carbonyl (C=O) groups is 1. The van der Waals surface area contributed by atoms with Crippen molar-refractivity contribution >= 4 is 18.3 Å². The summed E-state index contributed by atoms with van der Waals surface area (Å²) < 4.78 is 41.9. The van der Waals surface area contributed by atoms with Crippen molar-refractivity contribution in [2.45, 2.75) is 38.5 Å². The van der Waals surface area contributed by atoms with Crippen LogP contribution in [0.4, 0.5) is 13.2 Å². The first-order valence-corrected chi connectivity index (χ1v) is 9.23. The maximum absolute atomic E-state index is 12.7. The molecular formula is C19H26ClF3N2O2. The summed E-state index contributed by atoms with van der Waals surface area (Å²) in [6.45, 7) is 5.47. The largest absolute Gasteiger partial charge is 0.573 e. The number of ether oxygens (including phenoxy) is 1. The molecule has 1 aliphatic heterocycles. The first kappa shape index (κ1) is 21.8. The van der Waals surface area contributed by atoms with Gasteiger partial charge in [-0.25, -0.2) is 0 Å². The van der Waals surface area contributed by atoms with Crippen molar-refractivity contribution < 1.29 is 22.7 Å². The summed E-state index contributed by atoms with van der Waals surface area (Å²) in [5.74, 6) is 0.0668. The van der Waals surface area contributed by atoms with Gasteiger partial charge in [0.15, 0.2) is 0 Å². The molecular weight excluding hydrogens is 381 g/mol. The van der Waals surface area contributed by atoms with E-state index in [4.69, 9.17) is 0 Å². The first-order valence-electron chi connectivity index (χ1n) is 9.23. The number of rotatable bonds is 6. The Morgan fingerprint density at radius 2 is 1.93 bits per heavy atom. The fourth-order valence-electron chi connectivity index (χ4n) is 3.76. The van der Waals surface area contributed by atoms with Gasteiger partial charge >= 0.3 is 6.36 Å². The number of alkyl halides is 3. The Balaban J connectivity index is 0.00000261. The number of nitrogens with zero attached hydrogens (tertiary/aromatic N) is 1. The van der Waals surface area contributed by atoms with Crippen molar-refractivity contribution in [1.29, 1.82) is 0 Å². The van der Waals surface area contributed by atoms with Crippen LogP contribution < -0.4 is 10.1 Å². The van der Waals surface area contributed by atoms with Crippen LogP contribution in [-0.4, -0.2) is 43.3 Å². The summed E-state index contributed by atoms with van der Waals surface area (Å²) in [6, 6.07) is 6.14. The van der Waals surface area contributed by atoms with Crippen molar-refractivity contribution in [2.75, 3.05) is 26.2 Å². The summed E-state index contributed by atoms with van der Waals surface area (Å²) in [5.41, 5.74) is 0.477.